The first-order valence-electron chi connectivity index (χ1n) is 11.0. The van der Waals surface area contributed by atoms with Gasteiger partial charge in [-0.05, 0) is 32.1 Å². The first-order valence-corrected chi connectivity index (χ1v) is 11.0. The topological polar surface area (TPSA) is 104 Å². The summed E-state index contributed by atoms with van der Waals surface area (Å²) < 4.78 is 5.70. The van der Waals surface area contributed by atoms with E-state index in [9.17, 15) is 24.9 Å². The third-order valence-corrected chi connectivity index (χ3v) is 6.74. The molecule has 0 aliphatic carbocycles. The molecule has 3 N–H and O–H groups in total. The highest BCUT2D eigenvalue weighted by molar-refractivity contribution is 5.83. The zero-order valence-electron chi connectivity index (χ0n) is 19.0. The molecule has 1 aliphatic rings. The third kappa shape index (κ3) is 6.25. The molecular weight excluding hydrogens is 384 g/mol. The average molecular weight is 425 g/mol. The van der Waals surface area contributed by atoms with Crippen molar-refractivity contribution in [2.45, 2.75) is 78.3 Å². The lowest BCUT2D eigenvalue weighted by molar-refractivity contribution is -0.165. The maximum absolute atomic E-state index is 13.0. The number of allylic oxidation sites excluding steroid dienone is 1. The Bertz CT molecular complexity index is 603. The molecule has 6 nitrogen and oxygen atoms in total. The van der Waals surface area contributed by atoms with E-state index in [1.54, 1.807) is 33.8 Å². The van der Waals surface area contributed by atoms with E-state index in [0.29, 0.717) is 19.3 Å². The fraction of sp³-hybridized carbons (Fsp3) is 0.750. The summed E-state index contributed by atoms with van der Waals surface area (Å²) in [7, 11) is 0. The largest absolute Gasteiger partial charge is 0.461 e. The van der Waals surface area contributed by atoms with Crippen molar-refractivity contribution < 1.29 is 29.6 Å². The number of ketones is 1. The van der Waals surface area contributed by atoms with Gasteiger partial charge in [0.05, 0.1) is 24.2 Å². The minimum absolute atomic E-state index is 0.110. The lowest BCUT2D eigenvalue weighted by Gasteiger charge is -2.36. The minimum atomic E-state index is -1.10. The van der Waals surface area contributed by atoms with Crippen LogP contribution in [0.2, 0.25) is 0 Å². The Morgan fingerprint density at radius 3 is 2.10 bits per heavy atom. The molecule has 0 unspecified atom stereocenters. The standard InChI is InChI=1S/C24H40O6/c1-8-10-11-19-18(9-2)23(28)16(6)21(26)14(4)12-13(3)20(25)15(5)22(27)17(7)24(29)30-19/h8-9,13-20,22-23,25,27-28H,1-2,10-12H2,3-7H3/t13-,14+,15+,16-,17+,18-,19+,20-,22-,23+/m0/s1. The van der Waals surface area contributed by atoms with Gasteiger partial charge in [-0.1, -0.05) is 39.8 Å². The van der Waals surface area contributed by atoms with Crippen LogP contribution < -0.4 is 0 Å². The van der Waals surface area contributed by atoms with Gasteiger partial charge >= 0.3 is 5.97 Å². The fourth-order valence-electron chi connectivity index (χ4n) is 4.46. The molecular formula is C24H40O6. The lowest BCUT2D eigenvalue weighted by Crippen LogP contribution is -2.45. The highest BCUT2D eigenvalue weighted by Crippen LogP contribution is 2.31. The summed E-state index contributed by atoms with van der Waals surface area (Å²) in [6.07, 6.45) is 0.858. The Kier molecular flexibility index (Phi) is 10.4. The van der Waals surface area contributed by atoms with Crippen molar-refractivity contribution in [2.75, 3.05) is 0 Å². The van der Waals surface area contributed by atoms with Crippen LogP contribution in [-0.2, 0) is 14.3 Å². The smallest absolute Gasteiger partial charge is 0.311 e. The number of esters is 1. The highest BCUT2D eigenvalue weighted by Gasteiger charge is 2.40. The van der Waals surface area contributed by atoms with Crippen molar-refractivity contribution in [1.82, 2.24) is 0 Å². The minimum Gasteiger partial charge on any atom is -0.461 e. The molecule has 0 saturated carbocycles. The summed E-state index contributed by atoms with van der Waals surface area (Å²) >= 11 is 0. The lowest BCUT2D eigenvalue weighted by atomic mass is 9.76. The number of hydrogen-bond donors (Lipinski definition) is 3. The van der Waals surface area contributed by atoms with E-state index < -0.39 is 54.1 Å². The van der Waals surface area contributed by atoms with Crippen LogP contribution in [0.25, 0.3) is 0 Å². The van der Waals surface area contributed by atoms with Gasteiger partial charge in [0.25, 0.3) is 0 Å². The molecule has 0 aromatic carbocycles. The predicted octanol–water partition coefficient (Wildman–Crippen LogP) is 2.90. The predicted molar refractivity (Wildman–Crippen MR) is 116 cm³/mol. The molecule has 0 amide bonds. The number of carbonyl (C=O) groups is 2. The van der Waals surface area contributed by atoms with Crippen LogP contribution >= 0.6 is 0 Å². The number of rotatable bonds is 4. The van der Waals surface area contributed by atoms with E-state index in [-0.39, 0.29) is 17.6 Å². The number of carbonyl (C=O) groups excluding carboxylic acids is 2. The quantitative estimate of drug-likeness (QED) is 0.474. The maximum Gasteiger partial charge on any atom is 0.311 e. The molecule has 1 aliphatic heterocycles. The van der Waals surface area contributed by atoms with Crippen LogP contribution in [0.15, 0.2) is 25.3 Å². The van der Waals surface area contributed by atoms with E-state index in [1.807, 2.05) is 6.92 Å². The van der Waals surface area contributed by atoms with Gasteiger partial charge in [-0.15, -0.1) is 13.2 Å². The van der Waals surface area contributed by atoms with Crippen molar-refractivity contribution in [2.24, 2.45) is 35.5 Å². The highest BCUT2D eigenvalue weighted by atomic mass is 16.5. The van der Waals surface area contributed by atoms with Gasteiger partial charge in [0.15, 0.2) is 0 Å². The molecule has 6 heteroatoms. The summed E-state index contributed by atoms with van der Waals surface area (Å²) in [4.78, 5) is 25.8. The summed E-state index contributed by atoms with van der Waals surface area (Å²) in [6, 6.07) is 0. The average Bonchev–Trinajstić information content (AvgIpc) is 2.73. The van der Waals surface area contributed by atoms with E-state index in [1.165, 1.54) is 6.08 Å². The van der Waals surface area contributed by atoms with Gasteiger partial charge in [0.2, 0.25) is 0 Å². The van der Waals surface area contributed by atoms with Crippen LogP contribution in [-0.4, -0.2) is 51.5 Å². The molecule has 0 bridgehead atoms. The van der Waals surface area contributed by atoms with Crippen LogP contribution in [0, 0.1) is 35.5 Å². The third-order valence-electron chi connectivity index (χ3n) is 6.74. The number of aliphatic hydroxyl groups excluding tert-OH is 3. The fourth-order valence-corrected chi connectivity index (χ4v) is 4.46. The van der Waals surface area contributed by atoms with E-state index in [4.69, 9.17) is 4.74 Å². The van der Waals surface area contributed by atoms with Gasteiger partial charge in [0.1, 0.15) is 11.9 Å². The Morgan fingerprint density at radius 2 is 1.57 bits per heavy atom. The molecule has 0 radical (unpaired) electrons. The van der Waals surface area contributed by atoms with E-state index >= 15 is 0 Å². The number of Topliss-reactive ketones (excluding diaryl/α,β-unsaturated/α-hetero) is 1. The van der Waals surface area contributed by atoms with Gasteiger partial charge in [0, 0.05) is 23.7 Å². The van der Waals surface area contributed by atoms with Crippen LogP contribution in [0.3, 0.4) is 0 Å². The first-order chi connectivity index (χ1) is 14.0. The van der Waals surface area contributed by atoms with Crippen molar-refractivity contribution in [1.29, 1.82) is 0 Å². The molecule has 1 saturated heterocycles. The van der Waals surface area contributed by atoms with Crippen molar-refractivity contribution in [3.63, 3.8) is 0 Å². The number of cyclic esters (lactones) is 1. The summed E-state index contributed by atoms with van der Waals surface area (Å²) in [5.74, 6) is -4.09. The molecule has 172 valence electrons. The normalized spacial score (nSPS) is 42.1. The molecule has 0 aromatic heterocycles. The van der Waals surface area contributed by atoms with Crippen LogP contribution in [0.1, 0.15) is 53.9 Å². The first kappa shape index (κ1) is 26.5. The van der Waals surface area contributed by atoms with Gasteiger partial charge in [-0.2, -0.15) is 0 Å². The SMILES string of the molecule is C=CCC[C@H]1OC(=O)[C@H](C)[C@@H](O)[C@H](C)[C@@H](O)[C@@H](C)C[C@@H](C)C(=O)[C@H](C)[C@@H](O)[C@H]1C=C. The molecule has 10 atom stereocenters. The van der Waals surface area contributed by atoms with Crippen molar-refractivity contribution in [3.05, 3.63) is 25.3 Å². The molecule has 1 rings (SSSR count). The zero-order chi connectivity index (χ0) is 23.2. The van der Waals surface area contributed by atoms with Crippen LogP contribution in [0.4, 0.5) is 0 Å². The number of aliphatic hydroxyl groups is 3. The Hall–Kier alpha value is -1.50. The number of hydrogen-bond acceptors (Lipinski definition) is 6. The van der Waals surface area contributed by atoms with E-state index in [0.717, 1.165) is 0 Å². The van der Waals surface area contributed by atoms with Crippen molar-refractivity contribution in [3.8, 4) is 0 Å². The monoisotopic (exact) mass is 424 g/mol. The second-order valence-corrected chi connectivity index (χ2v) is 9.08. The second kappa shape index (κ2) is 11.8. The van der Waals surface area contributed by atoms with E-state index in [2.05, 4.69) is 13.2 Å². The molecule has 0 aromatic rings. The molecule has 0 spiro atoms. The van der Waals surface area contributed by atoms with Gasteiger partial charge < -0.3 is 20.1 Å². The summed E-state index contributed by atoms with van der Waals surface area (Å²) in [5.41, 5.74) is 0. The van der Waals surface area contributed by atoms with Gasteiger partial charge in [-0.25, -0.2) is 0 Å². The Morgan fingerprint density at radius 1 is 0.967 bits per heavy atom. The Balaban J connectivity index is 3.35. The number of ether oxygens (including phenoxy) is 1. The second-order valence-electron chi connectivity index (χ2n) is 9.08. The molecule has 1 heterocycles. The molecule has 30 heavy (non-hydrogen) atoms. The maximum atomic E-state index is 13.0. The summed E-state index contributed by atoms with van der Waals surface area (Å²) in [6.45, 7) is 16.1. The molecule has 1 fully saturated rings. The Labute approximate surface area is 181 Å². The summed E-state index contributed by atoms with van der Waals surface area (Å²) in [5, 5.41) is 32.4. The zero-order valence-corrected chi connectivity index (χ0v) is 19.0. The van der Waals surface area contributed by atoms with Crippen molar-refractivity contribution >= 4 is 11.8 Å². The van der Waals surface area contributed by atoms with Gasteiger partial charge in [-0.3, -0.25) is 9.59 Å². The van der Waals surface area contributed by atoms with Crippen LogP contribution in [0.5, 0.6) is 0 Å².